The predicted octanol–water partition coefficient (Wildman–Crippen LogP) is 2.56. The third-order valence-electron chi connectivity index (χ3n) is 3.00. The van der Waals surface area contributed by atoms with Gasteiger partial charge < -0.3 is 10.2 Å². The van der Waals surface area contributed by atoms with Crippen molar-refractivity contribution in [1.82, 2.24) is 10.3 Å². The minimum absolute atomic E-state index is 0.250. The van der Waals surface area contributed by atoms with Gasteiger partial charge in [0, 0.05) is 29.8 Å². The lowest BCUT2D eigenvalue weighted by molar-refractivity contribution is 0.570. The van der Waals surface area contributed by atoms with Crippen LogP contribution in [0.5, 0.6) is 0 Å². The highest BCUT2D eigenvalue weighted by Crippen LogP contribution is 2.23. The van der Waals surface area contributed by atoms with Gasteiger partial charge in [-0.1, -0.05) is 6.92 Å². The predicted molar refractivity (Wildman–Crippen MR) is 70.8 cm³/mol. The van der Waals surface area contributed by atoms with Gasteiger partial charge in [-0.3, -0.25) is 0 Å². The molecule has 3 nitrogen and oxygen atoms in total. The van der Waals surface area contributed by atoms with Gasteiger partial charge >= 0.3 is 0 Å². The van der Waals surface area contributed by atoms with Gasteiger partial charge in [-0.05, 0) is 41.4 Å². The van der Waals surface area contributed by atoms with E-state index in [0.717, 1.165) is 32.5 Å². The standard InChI is InChI=1S/C12H17BrFN3/c1-2-5-17(10-3-4-15-8-10)12-11(14)6-9(13)7-16-12/h6-7,10,15H,2-5,8H2,1H3. The summed E-state index contributed by atoms with van der Waals surface area (Å²) in [5.41, 5.74) is 0. The molecule has 0 radical (unpaired) electrons. The fourth-order valence-electron chi connectivity index (χ4n) is 2.23. The molecule has 0 bridgehead atoms. The van der Waals surface area contributed by atoms with E-state index in [1.807, 2.05) is 0 Å². The summed E-state index contributed by atoms with van der Waals surface area (Å²) in [6.45, 7) is 4.87. The SMILES string of the molecule is CCCN(c1ncc(Br)cc1F)C1CCNC1. The topological polar surface area (TPSA) is 28.2 Å². The zero-order valence-corrected chi connectivity index (χ0v) is 11.5. The lowest BCUT2D eigenvalue weighted by Crippen LogP contribution is -2.38. The third kappa shape index (κ3) is 2.96. The van der Waals surface area contributed by atoms with Gasteiger partial charge in [-0.2, -0.15) is 0 Å². The van der Waals surface area contributed by atoms with Crippen LogP contribution in [-0.4, -0.2) is 30.7 Å². The number of nitrogens with one attached hydrogen (secondary N) is 1. The molecule has 1 fully saturated rings. The molecule has 0 saturated carbocycles. The minimum Gasteiger partial charge on any atom is -0.350 e. The molecule has 17 heavy (non-hydrogen) atoms. The monoisotopic (exact) mass is 301 g/mol. The van der Waals surface area contributed by atoms with Crippen LogP contribution in [0.25, 0.3) is 0 Å². The zero-order chi connectivity index (χ0) is 12.3. The van der Waals surface area contributed by atoms with E-state index in [0.29, 0.717) is 16.3 Å². The highest BCUT2D eigenvalue weighted by atomic mass is 79.9. The second-order valence-corrected chi connectivity index (χ2v) is 5.21. The van der Waals surface area contributed by atoms with Gasteiger partial charge in [-0.25, -0.2) is 9.37 Å². The molecule has 1 unspecified atom stereocenters. The molecule has 2 heterocycles. The van der Waals surface area contributed by atoms with Crippen molar-refractivity contribution in [2.24, 2.45) is 0 Å². The van der Waals surface area contributed by atoms with Crippen LogP contribution >= 0.6 is 15.9 Å². The van der Waals surface area contributed by atoms with E-state index >= 15 is 0 Å². The average molecular weight is 302 g/mol. The number of pyridine rings is 1. The Bertz CT molecular complexity index is 380. The number of hydrogen-bond donors (Lipinski definition) is 1. The summed E-state index contributed by atoms with van der Waals surface area (Å²) in [7, 11) is 0. The van der Waals surface area contributed by atoms with E-state index in [2.05, 4.69) is 38.1 Å². The normalized spacial score (nSPS) is 19.6. The third-order valence-corrected chi connectivity index (χ3v) is 3.43. The summed E-state index contributed by atoms with van der Waals surface area (Å²) in [4.78, 5) is 6.30. The first-order chi connectivity index (χ1) is 8.22. The van der Waals surface area contributed by atoms with E-state index < -0.39 is 0 Å². The molecule has 0 aromatic carbocycles. The molecule has 1 aromatic rings. The smallest absolute Gasteiger partial charge is 0.166 e. The van der Waals surface area contributed by atoms with E-state index in [-0.39, 0.29) is 5.82 Å². The maximum atomic E-state index is 13.9. The number of hydrogen-bond acceptors (Lipinski definition) is 3. The molecule has 2 rings (SSSR count). The fourth-order valence-corrected chi connectivity index (χ4v) is 2.53. The van der Waals surface area contributed by atoms with Crippen LogP contribution in [0.3, 0.4) is 0 Å². The van der Waals surface area contributed by atoms with Crippen LogP contribution in [0.2, 0.25) is 0 Å². The molecular weight excluding hydrogens is 285 g/mol. The van der Waals surface area contributed by atoms with Crippen LogP contribution in [0, 0.1) is 5.82 Å². The largest absolute Gasteiger partial charge is 0.350 e. The van der Waals surface area contributed by atoms with E-state index in [9.17, 15) is 4.39 Å². The number of rotatable bonds is 4. The first-order valence-electron chi connectivity index (χ1n) is 6.00. The lowest BCUT2D eigenvalue weighted by Gasteiger charge is -2.29. The summed E-state index contributed by atoms with van der Waals surface area (Å²) in [5.74, 6) is 0.225. The Hall–Kier alpha value is -0.680. The average Bonchev–Trinajstić information content (AvgIpc) is 2.80. The van der Waals surface area contributed by atoms with Gasteiger partial charge in [0.05, 0.1) is 0 Å². The van der Waals surface area contributed by atoms with Crippen molar-refractivity contribution >= 4 is 21.7 Å². The van der Waals surface area contributed by atoms with Gasteiger partial charge in [0.15, 0.2) is 11.6 Å². The highest BCUT2D eigenvalue weighted by molar-refractivity contribution is 9.10. The number of aromatic nitrogens is 1. The summed E-state index contributed by atoms with van der Waals surface area (Å²) in [5, 5.41) is 3.31. The number of halogens is 2. The van der Waals surface area contributed by atoms with Crippen LogP contribution in [0.4, 0.5) is 10.2 Å². The van der Waals surface area contributed by atoms with Crippen molar-refractivity contribution in [2.45, 2.75) is 25.8 Å². The maximum Gasteiger partial charge on any atom is 0.166 e. The molecule has 94 valence electrons. The van der Waals surface area contributed by atoms with Crippen LogP contribution in [0.1, 0.15) is 19.8 Å². The Labute approximate surface area is 110 Å². The number of nitrogens with zero attached hydrogens (tertiary/aromatic N) is 2. The van der Waals surface area contributed by atoms with Crippen molar-refractivity contribution in [3.05, 3.63) is 22.6 Å². The Kier molecular flexibility index (Phi) is 4.34. The van der Waals surface area contributed by atoms with Crippen molar-refractivity contribution in [1.29, 1.82) is 0 Å². The van der Waals surface area contributed by atoms with Crippen molar-refractivity contribution in [3.63, 3.8) is 0 Å². The van der Waals surface area contributed by atoms with E-state index in [4.69, 9.17) is 0 Å². The van der Waals surface area contributed by atoms with Gasteiger partial charge in [0.1, 0.15) is 0 Å². The zero-order valence-electron chi connectivity index (χ0n) is 9.92. The Morgan fingerprint density at radius 3 is 3.06 bits per heavy atom. The molecule has 5 heteroatoms. The van der Waals surface area contributed by atoms with Crippen LogP contribution < -0.4 is 10.2 Å². The van der Waals surface area contributed by atoms with E-state index in [1.165, 1.54) is 6.07 Å². The fraction of sp³-hybridized carbons (Fsp3) is 0.583. The van der Waals surface area contributed by atoms with Crippen LogP contribution in [0.15, 0.2) is 16.7 Å². The van der Waals surface area contributed by atoms with Gasteiger partial charge in [0.2, 0.25) is 0 Å². The van der Waals surface area contributed by atoms with Crippen LogP contribution in [-0.2, 0) is 0 Å². The minimum atomic E-state index is -0.250. The van der Waals surface area contributed by atoms with Gasteiger partial charge in [0.25, 0.3) is 0 Å². The summed E-state index contributed by atoms with van der Waals surface area (Å²) in [6, 6.07) is 1.84. The second kappa shape index (κ2) is 5.78. The molecule has 1 atom stereocenters. The molecule has 1 aromatic heterocycles. The van der Waals surface area contributed by atoms with Crippen molar-refractivity contribution in [2.75, 3.05) is 24.5 Å². The molecule has 0 spiro atoms. The molecule has 1 saturated heterocycles. The Morgan fingerprint density at radius 2 is 2.47 bits per heavy atom. The lowest BCUT2D eigenvalue weighted by atomic mass is 10.2. The number of anilines is 1. The molecule has 1 aliphatic heterocycles. The van der Waals surface area contributed by atoms with Crippen molar-refractivity contribution in [3.8, 4) is 0 Å². The van der Waals surface area contributed by atoms with Gasteiger partial charge in [-0.15, -0.1) is 0 Å². The van der Waals surface area contributed by atoms with E-state index in [1.54, 1.807) is 6.20 Å². The Morgan fingerprint density at radius 1 is 1.65 bits per heavy atom. The molecular formula is C12H17BrFN3. The highest BCUT2D eigenvalue weighted by Gasteiger charge is 2.24. The quantitative estimate of drug-likeness (QED) is 0.926. The summed E-state index contributed by atoms with van der Waals surface area (Å²) < 4.78 is 14.6. The molecule has 1 aliphatic rings. The molecule has 0 amide bonds. The maximum absolute atomic E-state index is 13.9. The molecule has 0 aliphatic carbocycles. The molecule has 1 N–H and O–H groups in total. The summed E-state index contributed by atoms with van der Waals surface area (Å²) >= 11 is 3.23. The Balaban J connectivity index is 2.24. The second-order valence-electron chi connectivity index (χ2n) is 4.30. The summed E-state index contributed by atoms with van der Waals surface area (Å²) in [6.07, 6.45) is 3.70. The first-order valence-corrected chi connectivity index (χ1v) is 6.80. The first kappa shape index (κ1) is 12.8. The van der Waals surface area contributed by atoms with Crippen molar-refractivity contribution < 1.29 is 4.39 Å².